The molecule has 0 atom stereocenters. The van der Waals surface area contributed by atoms with Crippen LogP contribution in [0.25, 0.3) is 0 Å². The Labute approximate surface area is 129 Å². The van der Waals surface area contributed by atoms with Crippen LogP contribution < -0.4 is 0 Å². The summed E-state index contributed by atoms with van der Waals surface area (Å²) in [6.07, 6.45) is 5.70. The van der Waals surface area contributed by atoms with E-state index in [1.165, 1.54) is 30.4 Å². The van der Waals surface area contributed by atoms with Crippen LogP contribution in [0, 0.1) is 5.92 Å². The van der Waals surface area contributed by atoms with E-state index in [4.69, 9.17) is 0 Å². The second-order valence-corrected chi connectivity index (χ2v) is 7.44. The molecule has 1 heterocycles. The summed E-state index contributed by atoms with van der Waals surface area (Å²) in [5.74, 6) is 1.40. The van der Waals surface area contributed by atoms with Gasteiger partial charge in [0.1, 0.15) is 0 Å². The Morgan fingerprint density at radius 2 is 1.86 bits per heavy atom. The van der Waals surface area contributed by atoms with Crippen molar-refractivity contribution >= 4 is 0 Å². The molecule has 2 aliphatic rings. The lowest BCUT2D eigenvalue weighted by Crippen LogP contribution is -2.44. The maximum atomic E-state index is 11.2. The van der Waals surface area contributed by atoms with E-state index in [-0.39, 0.29) is 0 Å². The monoisotopic (exact) mass is 287 g/mol. The van der Waals surface area contributed by atoms with Crippen LogP contribution in [0.5, 0.6) is 0 Å². The van der Waals surface area contributed by atoms with Crippen molar-refractivity contribution in [3.63, 3.8) is 0 Å². The third-order valence-electron chi connectivity index (χ3n) is 5.31. The number of benzene rings is 1. The van der Waals surface area contributed by atoms with Crippen molar-refractivity contribution in [3.8, 4) is 0 Å². The Morgan fingerprint density at radius 3 is 2.43 bits per heavy atom. The maximum Gasteiger partial charge on any atom is 0.0923 e. The molecule has 0 aromatic heterocycles. The highest BCUT2D eigenvalue weighted by atomic mass is 16.3. The van der Waals surface area contributed by atoms with Crippen LogP contribution >= 0.6 is 0 Å². The molecule has 0 amide bonds. The Hall–Kier alpha value is -0.860. The summed E-state index contributed by atoms with van der Waals surface area (Å²) in [6, 6.07) is 8.65. The van der Waals surface area contributed by atoms with Crippen molar-refractivity contribution in [2.45, 2.75) is 57.5 Å². The fourth-order valence-electron chi connectivity index (χ4n) is 3.89. The molecule has 0 radical (unpaired) electrons. The fraction of sp³-hybridized carbons (Fsp3) is 0.684. The molecule has 2 nitrogen and oxygen atoms in total. The molecule has 2 fully saturated rings. The highest BCUT2D eigenvalue weighted by Crippen LogP contribution is 2.43. The summed E-state index contributed by atoms with van der Waals surface area (Å²) in [4.78, 5) is 2.51. The number of likely N-dealkylation sites (tertiary alicyclic amines) is 1. The number of nitrogens with zero attached hydrogens (tertiary/aromatic N) is 1. The van der Waals surface area contributed by atoms with Gasteiger partial charge in [0.25, 0.3) is 0 Å². The Kier molecular flexibility index (Phi) is 4.37. The molecule has 0 spiro atoms. The summed E-state index contributed by atoms with van der Waals surface area (Å²) < 4.78 is 0. The van der Waals surface area contributed by atoms with Crippen LogP contribution in [0.3, 0.4) is 0 Å². The number of hydrogen-bond acceptors (Lipinski definition) is 2. The van der Waals surface area contributed by atoms with Crippen LogP contribution in [0.15, 0.2) is 24.3 Å². The van der Waals surface area contributed by atoms with E-state index >= 15 is 0 Å². The first-order valence-corrected chi connectivity index (χ1v) is 8.62. The van der Waals surface area contributed by atoms with Crippen molar-refractivity contribution in [3.05, 3.63) is 35.4 Å². The Balaban J connectivity index is 1.75. The summed E-state index contributed by atoms with van der Waals surface area (Å²) >= 11 is 0. The minimum Gasteiger partial charge on any atom is -0.385 e. The van der Waals surface area contributed by atoms with Crippen LogP contribution in [-0.4, -0.2) is 29.6 Å². The third-order valence-corrected chi connectivity index (χ3v) is 5.31. The summed E-state index contributed by atoms with van der Waals surface area (Å²) in [7, 11) is 0. The van der Waals surface area contributed by atoms with Crippen LogP contribution in [0.1, 0.15) is 63.0 Å². The molecule has 0 unspecified atom stereocenters. The molecule has 1 aromatic carbocycles. The molecule has 0 bridgehead atoms. The quantitative estimate of drug-likeness (QED) is 0.908. The minimum atomic E-state index is -0.598. The van der Waals surface area contributed by atoms with Crippen molar-refractivity contribution in [1.29, 1.82) is 0 Å². The van der Waals surface area contributed by atoms with E-state index in [1.807, 2.05) is 0 Å². The van der Waals surface area contributed by atoms with Gasteiger partial charge in [0.2, 0.25) is 0 Å². The number of hydrogen-bond donors (Lipinski definition) is 1. The minimum absolute atomic E-state index is 0.598. The number of piperidine rings is 1. The molecule has 1 aliphatic carbocycles. The Morgan fingerprint density at radius 1 is 1.19 bits per heavy atom. The van der Waals surface area contributed by atoms with Crippen molar-refractivity contribution in [2.75, 3.05) is 19.6 Å². The highest BCUT2D eigenvalue weighted by Gasteiger charge is 2.37. The molecular formula is C19H29NO. The van der Waals surface area contributed by atoms with E-state index in [1.54, 1.807) is 0 Å². The maximum absolute atomic E-state index is 11.2. The van der Waals surface area contributed by atoms with E-state index in [0.717, 1.165) is 32.5 Å². The lowest BCUT2D eigenvalue weighted by atomic mass is 9.73. The van der Waals surface area contributed by atoms with Gasteiger partial charge >= 0.3 is 0 Å². The van der Waals surface area contributed by atoms with Gasteiger partial charge in [-0.25, -0.2) is 0 Å². The standard InChI is InChI=1S/C19H29NO/c1-15(2)14-20-12-10-19(21,11-13-20)18-9-4-3-8-17(18)16-6-5-7-16/h3-4,8-9,15-16,21H,5-7,10-14H2,1-2H3. The predicted molar refractivity (Wildman–Crippen MR) is 87.4 cm³/mol. The molecule has 1 saturated carbocycles. The van der Waals surface area contributed by atoms with Crippen molar-refractivity contribution in [2.24, 2.45) is 5.92 Å². The van der Waals surface area contributed by atoms with Gasteiger partial charge in [-0.15, -0.1) is 0 Å². The average Bonchev–Trinajstić information content (AvgIpc) is 2.40. The zero-order valence-corrected chi connectivity index (χ0v) is 13.5. The molecule has 3 rings (SSSR count). The zero-order chi connectivity index (χ0) is 14.9. The van der Waals surface area contributed by atoms with Crippen molar-refractivity contribution < 1.29 is 5.11 Å². The normalized spacial score (nSPS) is 23.2. The lowest BCUT2D eigenvalue weighted by molar-refractivity contribution is -0.0290. The molecule has 1 aromatic rings. The molecule has 1 saturated heterocycles. The van der Waals surface area contributed by atoms with E-state index in [9.17, 15) is 5.11 Å². The van der Waals surface area contributed by atoms with Crippen LogP contribution in [0.2, 0.25) is 0 Å². The van der Waals surface area contributed by atoms with Gasteiger partial charge in [-0.05, 0) is 48.6 Å². The Bertz CT molecular complexity index is 470. The topological polar surface area (TPSA) is 23.5 Å². The molecule has 21 heavy (non-hydrogen) atoms. The third kappa shape index (κ3) is 3.17. The van der Waals surface area contributed by atoms with Gasteiger partial charge in [-0.1, -0.05) is 44.5 Å². The molecule has 1 N–H and O–H groups in total. The number of aliphatic hydroxyl groups is 1. The molecule has 2 heteroatoms. The lowest BCUT2D eigenvalue weighted by Gasteiger charge is -2.41. The molecular weight excluding hydrogens is 258 g/mol. The molecule has 116 valence electrons. The van der Waals surface area contributed by atoms with Gasteiger partial charge < -0.3 is 10.0 Å². The zero-order valence-electron chi connectivity index (χ0n) is 13.5. The first-order chi connectivity index (χ1) is 10.1. The van der Waals surface area contributed by atoms with Gasteiger partial charge in [0.15, 0.2) is 0 Å². The molecule has 1 aliphatic heterocycles. The SMILES string of the molecule is CC(C)CN1CCC(O)(c2ccccc2C2CCC2)CC1. The fourth-order valence-corrected chi connectivity index (χ4v) is 3.89. The van der Waals surface area contributed by atoms with Gasteiger partial charge in [0.05, 0.1) is 5.60 Å². The summed E-state index contributed by atoms with van der Waals surface area (Å²) in [5.41, 5.74) is 2.04. The predicted octanol–water partition coefficient (Wildman–Crippen LogP) is 3.89. The van der Waals surface area contributed by atoms with Crippen LogP contribution in [0.4, 0.5) is 0 Å². The highest BCUT2D eigenvalue weighted by molar-refractivity contribution is 5.36. The van der Waals surface area contributed by atoms with E-state index < -0.39 is 5.60 Å². The second-order valence-electron chi connectivity index (χ2n) is 7.44. The first kappa shape index (κ1) is 15.1. The second kappa shape index (κ2) is 6.10. The van der Waals surface area contributed by atoms with E-state index in [2.05, 4.69) is 43.0 Å². The van der Waals surface area contributed by atoms with Crippen molar-refractivity contribution in [1.82, 2.24) is 4.90 Å². The van der Waals surface area contributed by atoms with Gasteiger partial charge in [-0.2, -0.15) is 0 Å². The van der Waals surface area contributed by atoms with Crippen LogP contribution in [-0.2, 0) is 5.60 Å². The summed E-state index contributed by atoms with van der Waals surface area (Å²) in [6.45, 7) is 7.74. The van der Waals surface area contributed by atoms with E-state index in [0.29, 0.717) is 11.8 Å². The average molecular weight is 287 g/mol. The van der Waals surface area contributed by atoms with Gasteiger partial charge in [-0.3, -0.25) is 0 Å². The summed E-state index contributed by atoms with van der Waals surface area (Å²) in [5, 5.41) is 11.2. The first-order valence-electron chi connectivity index (χ1n) is 8.62. The number of rotatable bonds is 4. The smallest absolute Gasteiger partial charge is 0.0923 e. The van der Waals surface area contributed by atoms with Gasteiger partial charge in [0, 0.05) is 19.6 Å². The largest absolute Gasteiger partial charge is 0.385 e.